The van der Waals surface area contributed by atoms with Crippen LogP contribution in [-0.2, 0) is 11.3 Å². The van der Waals surface area contributed by atoms with Crippen molar-refractivity contribution in [3.05, 3.63) is 28.8 Å². The Kier molecular flexibility index (Phi) is 5.05. The molecular formula is C14H19ClN2O2. The highest BCUT2D eigenvalue weighted by Crippen LogP contribution is 2.22. The molecule has 0 bridgehead atoms. The van der Waals surface area contributed by atoms with Gasteiger partial charge < -0.3 is 15.4 Å². The Labute approximate surface area is 118 Å². The highest BCUT2D eigenvalue weighted by molar-refractivity contribution is 6.30. The minimum absolute atomic E-state index is 0.0819. The number of hydrogen-bond acceptors (Lipinski definition) is 3. The van der Waals surface area contributed by atoms with E-state index in [0.29, 0.717) is 11.6 Å². The molecule has 19 heavy (non-hydrogen) atoms. The first-order valence-corrected chi connectivity index (χ1v) is 6.92. The van der Waals surface area contributed by atoms with Gasteiger partial charge in [-0.2, -0.15) is 0 Å². The van der Waals surface area contributed by atoms with Crippen LogP contribution in [0.3, 0.4) is 0 Å². The number of ether oxygens (including phenoxy) is 1. The van der Waals surface area contributed by atoms with Crippen LogP contribution in [0.1, 0.15) is 24.8 Å². The number of nitrogens with one attached hydrogen (secondary N) is 2. The summed E-state index contributed by atoms with van der Waals surface area (Å²) in [6.07, 6.45) is 2.97. The minimum atomic E-state index is -0.133. The Morgan fingerprint density at radius 3 is 3.11 bits per heavy atom. The Hall–Kier alpha value is -1.26. The van der Waals surface area contributed by atoms with Crippen LogP contribution in [0, 0.1) is 0 Å². The number of carbonyl (C=O) groups excluding carboxylic acids is 1. The first-order valence-electron chi connectivity index (χ1n) is 6.54. The van der Waals surface area contributed by atoms with Crippen LogP contribution in [0.4, 0.5) is 0 Å². The summed E-state index contributed by atoms with van der Waals surface area (Å²) < 4.78 is 5.29. The second kappa shape index (κ2) is 6.78. The van der Waals surface area contributed by atoms with E-state index in [1.807, 2.05) is 12.1 Å². The van der Waals surface area contributed by atoms with Gasteiger partial charge in [0.2, 0.25) is 5.91 Å². The zero-order chi connectivity index (χ0) is 13.7. The largest absolute Gasteiger partial charge is 0.496 e. The summed E-state index contributed by atoms with van der Waals surface area (Å²) >= 11 is 5.99. The van der Waals surface area contributed by atoms with Crippen LogP contribution < -0.4 is 15.4 Å². The van der Waals surface area contributed by atoms with Crippen LogP contribution in [0.5, 0.6) is 5.75 Å². The molecule has 0 saturated carbocycles. The fourth-order valence-electron chi connectivity index (χ4n) is 2.25. The van der Waals surface area contributed by atoms with Crippen molar-refractivity contribution in [3.8, 4) is 5.75 Å². The fourth-order valence-corrected chi connectivity index (χ4v) is 2.45. The molecule has 2 rings (SSSR count). The summed E-state index contributed by atoms with van der Waals surface area (Å²) in [6, 6.07) is 5.36. The summed E-state index contributed by atoms with van der Waals surface area (Å²) in [5.74, 6) is 0.865. The molecule has 1 fully saturated rings. The smallest absolute Gasteiger partial charge is 0.237 e. The number of halogens is 1. The number of rotatable bonds is 4. The van der Waals surface area contributed by atoms with Crippen molar-refractivity contribution in [1.29, 1.82) is 0 Å². The number of methoxy groups -OCH3 is 1. The monoisotopic (exact) mass is 282 g/mol. The lowest BCUT2D eigenvalue weighted by Crippen LogP contribution is -2.42. The first kappa shape index (κ1) is 14.2. The van der Waals surface area contributed by atoms with Crippen LogP contribution in [0.25, 0.3) is 0 Å². The van der Waals surface area contributed by atoms with Gasteiger partial charge in [0, 0.05) is 23.7 Å². The normalized spacial score (nSPS) is 19.7. The van der Waals surface area contributed by atoms with Crippen molar-refractivity contribution in [2.45, 2.75) is 31.8 Å². The number of benzene rings is 1. The second-order valence-corrected chi connectivity index (χ2v) is 5.11. The predicted molar refractivity (Wildman–Crippen MR) is 75.5 cm³/mol. The molecule has 1 atom stereocenters. The van der Waals surface area contributed by atoms with Crippen molar-refractivity contribution < 1.29 is 9.53 Å². The van der Waals surface area contributed by atoms with Gasteiger partial charge in [-0.25, -0.2) is 0 Å². The molecule has 0 aromatic heterocycles. The van der Waals surface area contributed by atoms with E-state index in [0.717, 1.165) is 37.1 Å². The molecule has 5 heteroatoms. The van der Waals surface area contributed by atoms with E-state index in [-0.39, 0.29) is 11.9 Å². The molecule has 0 spiro atoms. The van der Waals surface area contributed by atoms with Crippen LogP contribution in [-0.4, -0.2) is 25.6 Å². The maximum atomic E-state index is 11.8. The van der Waals surface area contributed by atoms with E-state index >= 15 is 0 Å². The molecular weight excluding hydrogens is 264 g/mol. The van der Waals surface area contributed by atoms with Crippen LogP contribution >= 0.6 is 11.6 Å². The van der Waals surface area contributed by atoms with Gasteiger partial charge in [-0.15, -0.1) is 0 Å². The zero-order valence-electron chi connectivity index (χ0n) is 11.0. The van der Waals surface area contributed by atoms with Crippen LogP contribution in [0.15, 0.2) is 18.2 Å². The number of carbonyl (C=O) groups is 1. The third kappa shape index (κ3) is 3.85. The lowest BCUT2D eigenvalue weighted by Gasteiger charge is -2.16. The Morgan fingerprint density at radius 2 is 2.32 bits per heavy atom. The molecule has 1 heterocycles. The molecule has 1 aliphatic heterocycles. The molecule has 1 aromatic rings. The summed E-state index contributed by atoms with van der Waals surface area (Å²) in [5, 5.41) is 6.86. The summed E-state index contributed by atoms with van der Waals surface area (Å²) in [7, 11) is 1.63. The molecule has 2 N–H and O–H groups in total. The summed E-state index contributed by atoms with van der Waals surface area (Å²) in [6.45, 7) is 1.35. The highest BCUT2D eigenvalue weighted by atomic mass is 35.5. The van der Waals surface area contributed by atoms with Gasteiger partial charge in [0.15, 0.2) is 0 Å². The van der Waals surface area contributed by atoms with Gasteiger partial charge in [-0.1, -0.05) is 11.6 Å². The maximum Gasteiger partial charge on any atom is 0.237 e. The lowest BCUT2D eigenvalue weighted by atomic mass is 10.1. The first-order chi connectivity index (χ1) is 9.20. The molecule has 1 saturated heterocycles. The average Bonchev–Trinajstić information content (AvgIpc) is 2.61. The summed E-state index contributed by atoms with van der Waals surface area (Å²) in [5.41, 5.74) is 0.965. The fraction of sp³-hybridized carbons (Fsp3) is 0.500. The molecule has 1 aliphatic rings. The minimum Gasteiger partial charge on any atom is -0.496 e. The molecule has 1 unspecified atom stereocenters. The topological polar surface area (TPSA) is 50.4 Å². The predicted octanol–water partition coefficient (Wildman–Crippen LogP) is 2.11. The SMILES string of the molecule is COc1ccc(Cl)cc1CNC1CCCCNC1=O. The second-order valence-electron chi connectivity index (χ2n) is 4.68. The van der Waals surface area contributed by atoms with Crippen LogP contribution in [0.2, 0.25) is 5.02 Å². The highest BCUT2D eigenvalue weighted by Gasteiger charge is 2.20. The van der Waals surface area contributed by atoms with Gasteiger partial charge in [0.1, 0.15) is 5.75 Å². The molecule has 4 nitrogen and oxygen atoms in total. The molecule has 0 radical (unpaired) electrons. The van der Waals surface area contributed by atoms with Gasteiger partial charge in [0.05, 0.1) is 13.2 Å². The molecule has 1 aromatic carbocycles. The Balaban J connectivity index is 2.01. The Morgan fingerprint density at radius 1 is 1.47 bits per heavy atom. The van der Waals surface area contributed by atoms with E-state index < -0.39 is 0 Å². The van der Waals surface area contributed by atoms with Crippen molar-refractivity contribution in [2.75, 3.05) is 13.7 Å². The maximum absolute atomic E-state index is 11.8. The number of amides is 1. The van der Waals surface area contributed by atoms with E-state index in [1.165, 1.54) is 0 Å². The quantitative estimate of drug-likeness (QED) is 0.889. The van der Waals surface area contributed by atoms with E-state index in [2.05, 4.69) is 10.6 Å². The van der Waals surface area contributed by atoms with Gasteiger partial charge >= 0.3 is 0 Å². The van der Waals surface area contributed by atoms with E-state index in [9.17, 15) is 4.79 Å². The van der Waals surface area contributed by atoms with Crippen molar-refractivity contribution in [2.24, 2.45) is 0 Å². The zero-order valence-corrected chi connectivity index (χ0v) is 11.8. The molecule has 0 aliphatic carbocycles. The molecule has 104 valence electrons. The van der Waals surface area contributed by atoms with Crippen molar-refractivity contribution >= 4 is 17.5 Å². The lowest BCUT2D eigenvalue weighted by molar-refractivity contribution is -0.122. The van der Waals surface area contributed by atoms with Gasteiger partial charge in [-0.05, 0) is 37.5 Å². The van der Waals surface area contributed by atoms with E-state index in [4.69, 9.17) is 16.3 Å². The summed E-state index contributed by atoms with van der Waals surface area (Å²) in [4.78, 5) is 11.8. The average molecular weight is 283 g/mol. The van der Waals surface area contributed by atoms with Crippen molar-refractivity contribution in [1.82, 2.24) is 10.6 Å². The number of hydrogen-bond donors (Lipinski definition) is 2. The third-order valence-corrected chi connectivity index (χ3v) is 3.55. The van der Waals surface area contributed by atoms with Crippen molar-refractivity contribution in [3.63, 3.8) is 0 Å². The standard InChI is InChI=1S/C14H19ClN2O2/c1-19-13-6-5-11(15)8-10(13)9-17-12-4-2-3-7-16-14(12)18/h5-6,8,12,17H,2-4,7,9H2,1H3,(H,16,18). The Bertz CT molecular complexity index is 451. The molecule has 1 amide bonds. The van der Waals surface area contributed by atoms with Gasteiger partial charge in [0.25, 0.3) is 0 Å². The van der Waals surface area contributed by atoms with E-state index in [1.54, 1.807) is 13.2 Å². The van der Waals surface area contributed by atoms with Gasteiger partial charge in [-0.3, -0.25) is 4.79 Å². The third-order valence-electron chi connectivity index (χ3n) is 3.32.